The van der Waals surface area contributed by atoms with Gasteiger partial charge in [-0.1, -0.05) is 0 Å². The molecule has 11 nitrogen and oxygen atoms in total. The van der Waals surface area contributed by atoms with Crippen molar-refractivity contribution < 1.29 is 23.0 Å². The number of rotatable bonds is 6. The highest BCUT2D eigenvalue weighted by molar-refractivity contribution is 5.84. The van der Waals surface area contributed by atoms with Crippen molar-refractivity contribution in [3.8, 4) is 23.1 Å². The van der Waals surface area contributed by atoms with Gasteiger partial charge in [-0.2, -0.15) is 24.0 Å². The molecule has 0 radical (unpaired) electrons. The second-order valence-corrected chi connectivity index (χ2v) is 7.48. The molecule has 0 aromatic carbocycles. The smallest absolute Gasteiger partial charge is 0.309 e. The van der Waals surface area contributed by atoms with Gasteiger partial charge in [-0.25, -0.2) is 9.97 Å². The van der Waals surface area contributed by atoms with E-state index in [4.69, 9.17) is 14.2 Å². The number of alkyl halides is 2. The van der Waals surface area contributed by atoms with E-state index in [1.807, 2.05) is 0 Å². The highest BCUT2D eigenvalue weighted by Gasteiger charge is 2.47. The molecule has 0 amide bonds. The molecule has 0 aliphatic carbocycles. The summed E-state index contributed by atoms with van der Waals surface area (Å²) in [5, 5.41) is 12.3. The normalized spacial score (nSPS) is 17.4. The standard InChI is InChI=1S/C20H20F2N8O3/c1-29-16(6-12(28-29)18-23-5-4-17(27-18)31-3)25-15-7-13(11-8-24-30(2)19(11)26-15)33-14-9-32-10-20(14,21)22/h4-8,14H,9-10H2,1-3H3,(H,25,26)/t14-/m0/s1. The van der Waals surface area contributed by atoms with E-state index in [1.165, 1.54) is 18.0 Å². The number of anilines is 2. The lowest BCUT2D eigenvalue weighted by molar-refractivity contribution is -0.0654. The van der Waals surface area contributed by atoms with E-state index in [2.05, 4.69) is 30.5 Å². The summed E-state index contributed by atoms with van der Waals surface area (Å²) < 4.78 is 47.0. The Labute approximate surface area is 186 Å². The molecule has 13 heteroatoms. The van der Waals surface area contributed by atoms with Crippen LogP contribution in [-0.2, 0) is 18.8 Å². The van der Waals surface area contributed by atoms with Crippen LogP contribution in [0.4, 0.5) is 20.4 Å². The molecular weight excluding hydrogens is 438 g/mol. The van der Waals surface area contributed by atoms with Crippen molar-refractivity contribution in [3.05, 3.63) is 30.6 Å². The van der Waals surface area contributed by atoms with E-state index in [-0.39, 0.29) is 12.4 Å². The molecule has 5 rings (SSSR count). The summed E-state index contributed by atoms with van der Waals surface area (Å²) in [5.41, 5.74) is 0.982. The summed E-state index contributed by atoms with van der Waals surface area (Å²) in [5.74, 6) is -1.11. The van der Waals surface area contributed by atoms with Gasteiger partial charge in [0.15, 0.2) is 17.6 Å². The fourth-order valence-electron chi connectivity index (χ4n) is 3.44. The lowest BCUT2D eigenvalue weighted by atomic mass is 10.2. The van der Waals surface area contributed by atoms with Gasteiger partial charge >= 0.3 is 5.92 Å². The van der Waals surface area contributed by atoms with Crippen LogP contribution in [0.2, 0.25) is 0 Å². The van der Waals surface area contributed by atoms with Crippen molar-refractivity contribution in [1.82, 2.24) is 34.5 Å². The van der Waals surface area contributed by atoms with Crippen LogP contribution in [0, 0.1) is 0 Å². The van der Waals surface area contributed by atoms with Crippen LogP contribution >= 0.6 is 0 Å². The Morgan fingerprint density at radius 2 is 2.06 bits per heavy atom. The molecule has 1 fully saturated rings. The van der Waals surface area contributed by atoms with E-state index < -0.39 is 18.6 Å². The van der Waals surface area contributed by atoms with Crippen LogP contribution in [0.25, 0.3) is 22.6 Å². The second kappa shape index (κ2) is 7.92. The molecular formula is C20H20F2N8O3. The van der Waals surface area contributed by atoms with Gasteiger partial charge in [0.05, 0.1) is 25.3 Å². The van der Waals surface area contributed by atoms with Crippen LogP contribution in [0.15, 0.2) is 30.6 Å². The third-order valence-electron chi connectivity index (χ3n) is 5.18. The molecule has 33 heavy (non-hydrogen) atoms. The van der Waals surface area contributed by atoms with Crippen LogP contribution in [0.1, 0.15) is 0 Å². The van der Waals surface area contributed by atoms with Crippen LogP contribution in [-0.4, -0.2) is 66.9 Å². The largest absolute Gasteiger partial charge is 0.481 e. The van der Waals surface area contributed by atoms with Crippen LogP contribution in [0.3, 0.4) is 0 Å². The molecule has 1 saturated heterocycles. The number of pyridine rings is 1. The maximum Gasteiger partial charge on any atom is 0.309 e. The number of halogens is 2. The maximum absolute atomic E-state index is 14.1. The van der Waals surface area contributed by atoms with Crippen molar-refractivity contribution in [1.29, 1.82) is 0 Å². The molecule has 1 atom stereocenters. The predicted octanol–water partition coefficient (Wildman–Crippen LogP) is 2.32. The quantitative estimate of drug-likeness (QED) is 0.465. The van der Waals surface area contributed by atoms with Gasteiger partial charge in [0.2, 0.25) is 5.88 Å². The molecule has 0 bridgehead atoms. The third-order valence-corrected chi connectivity index (χ3v) is 5.18. The van der Waals surface area contributed by atoms with Crippen LogP contribution in [0.5, 0.6) is 11.6 Å². The first-order valence-corrected chi connectivity index (χ1v) is 9.97. The Balaban J connectivity index is 1.48. The third kappa shape index (κ3) is 3.91. The van der Waals surface area contributed by atoms with Crippen molar-refractivity contribution in [2.24, 2.45) is 14.1 Å². The van der Waals surface area contributed by atoms with Gasteiger partial charge in [-0.05, 0) is 0 Å². The Morgan fingerprint density at radius 1 is 1.21 bits per heavy atom. The monoisotopic (exact) mass is 458 g/mol. The summed E-state index contributed by atoms with van der Waals surface area (Å²) in [6, 6.07) is 4.93. The highest BCUT2D eigenvalue weighted by atomic mass is 19.3. The van der Waals surface area contributed by atoms with Crippen LogP contribution < -0.4 is 14.8 Å². The molecule has 1 aliphatic rings. The fraction of sp³-hybridized carbons (Fsp3) is 0.350. The van der Waals surface area contributed by atoms with Crippen molar-refractivity contribution >= 4 is 22.7 Å². The van der Waals surface area contributed by atoms with E-state index in [9.17, 15) is 8.78 Å². The molecule has 0 spiro atoms. The number of aryl methyl sites for hydroxylation is 2. The van der Waals surface area contributed by atoms with Crippen molar-refractivity contribution in [3.63, 3.8) is 0 Å². The zero-order chi connectivity index (χ0) is 23.2. The van der Waals surface area contributed by atoms with Gasteiger partial charge in [-0.15, -0.1) is 0 Å². The molecule has 5 heterocycles. The number of methoxy groups -OCH3 is 1. The molecule has 0 unspecified atom stereocenters. The number of nitrogens with one attached hydrogen (secondary N) is 1. The lowest BCUT2D eigenvalue weighted by Gasteiger charge is -2.19. The van der Waals surface area contributed by atoms with E-state index in [0.717, 1.165) is 0 Å². The van der Waals surface area contributed by atoms with Gasteiger partial charge in [0.1, 0.15) is 29.7 Å². The fourth-order valence-corrected chi connectivity index (χ4v) is 3.44. The summed E-state index contributed by atoms with van der Waals surface area (Å²) in [6.07, 6.45) is 1.70. The summed E-state index contributed by atoms with van der Waals surface area (Å²) in [4.78, 5) is 13.1. The van der Waals surface area contributed by atoms with E-state index in [1.54, 1.807) is 43.2 Å². The van der Waals surface area contributed by atoms with Crippen molar-refractivity contribution in [2.45, 2.75) is 12.0 Å². The average Bonchev–Trinajstić information content (AvgIpc) is 3.46. The number of nitrogens with zero attached hydrogens (tertiary/aromatic N) is 7. The first-order chi connectivity index (χ1) is 15.8. The number of ether oxygens (including phenoxy) is 3. The van der Waals surface area contributed by atoms with Gasteiger partial charge < -0.3 is 19.5 Å². The zero-order valence-corrected chi connectivity index (χ0v) is 18.0. The summed E-state index contributed by atoms with van der Waals surface area (Å²) in [7, 11) is 4.96. The predicted molar refractivity (Wildman–Crippen MR) is 113 cm³/mol. The van der Waals surface area contributed by atoms with Gasteiger partial charge in [0.25, 0.3) is 0 Å². The molecule has 1 aliphatic heterocycles. The number of hydrogen-bond acceptors (Lipinski definition) is 9. The highest BCUT2D eigenvalue weighted by Crippen LogP contribution is 2.34. The minimum atomic E-state index is -3.08. The Kier molecular flexibility index (Phi) is 5.04. The summed E-state index contributed by atoms with van der Waals surface area (Å²) in [6.45, 7) is -0.875. The Hall–Kier alpha value is -3.87. The SMILES string of the molecule is COc1ccnc(-c2cc(Nc3cc(O[C@H]4COCC4(F)F)c4cnn(C)c4n3)n(C)n2)n1. The molecule has 172 valence electrons. The number of fused-ring (bicyclic) bond motifs is 1. The lowest BCUT2D eigenvalue weighted by Crippen LogP contribution is -2.36. The average molecular weight is 458 g/mol. The van der Waals surface area contributed by atoms with Crippen molar-refractivity contribution in [2.75, 3.05) is 25.6 Å². The molecule has 4 aromatic heterocycles. The van der Waals surface area contributed by atoms with E-state index >= 15 is 0 Å². The first-order valence-electron chi connectivity index (χ1n) is 9.97. The molecule has 1 N–H and O–H groups in total. The Morgan fingerprint density at radius 3 is 2.82 bits per heavy atom. The number of hydrogen-bond donors (Lipinski definition) is 1. The minimum absolute atomic E-state index is 0.203. The molecule has 0 saturated carbocycles. The van der Waals surface area contributed by atoms with E-state index in [0.29, 0.717) is 40.1 Å². The summed E-state index contributed by atoms with van der Waals surface area (Å²) >= 11 is 0. The maximum atomic E-state index is 14.1. The minimum Gasteiger partial charge on any atom is -0.481 e. The topological polar surface area (TPSA) is 114 Å². The van der Waals surface area contributed by atoms with Gasteiger partial charge in [0, 0.05) is 38.5 Å². The zero-order valence-electron chi connectivity index (χ0n) is 18.0. The molecule has 4 aromatic rings. The number of aromatic nitrogens is 7. The second-order valence-electron chi connectivity index (χ2n) is 7.48. The Bertz CT molecular complexity index is 1320. The van der Waals surface area contributed by atoms with Gasteiger partial charge in [-0.3, -0.25) is 9.36 Å². The first kappa shape index (κ1) is 21.0.